The standard InChI is InChI=1S/C29H24Cl2N2O3/c1-17(18-9-3-2-4-10-18)32-23(34)15-16-33-26(35)24-25(27(33)36)29(31)20-12-6-5-11-19(20)28(24,30)21-13-7-8-14-22(21)29/h2-14,17,24-25H,15-16H2,1H3,(H,32,34)/t17-,24-,25+,28?,29?/m0/s1. The van der Waals surface area contributed by atoms with Crippen molar-refractivity contribution < 1.29 is 14.4 Å². The molecule has 0 radical (unpaired) electrons. The Labute approximate surface area is 219 Å². The summed E-state index contributed by atoms with van der Waals surface area (Å²) < 4.78 is 0. The number of hydrogen-bond donors (Lipinski definition) is 1. The summed E-state index contributed by atoms with van der Waals surface area (Å²) >= 11 is 14.8. The van der Waals surface area contributed by atoms with Crippen molar-refractivity contribution in [3.8, 4) is 0 Å². The topological polar surface area (TPSA) is 66.5 Å². The Hall–Kier alpha value is -3.15. The molecule has 182 valence electrons. The lowest BCUT2D eigenvalue weighted by atomic mass is 9.54. The van der Waals surface area contributed by atoms with Crippen LogP contribution in [0, 0.1) is 11.8 Å². The number of rotatable bonds is 5. The first-order chi connectivity index (χ1) is 17.3. The van der Waals surface area contributed by atoms with Gasteiger partial charge in [-0.15, -0.1) is 23.2 Å². The Bertz CT molecular complexity index is 1280. The van der Waals surface area contributed by atoms with Gasteiger partial charge in [-0.3, -0.25) is 19.3 Å². The highest BCUT2D eigenvalue weighted by Gasteiger charge is 2.72. The van der Waals surface area contributed by atoms with E-state index in [4.69, 9.17) is 23.2 Å². The van der Waals surface area contributed by atoms with Gasteiger partial charge in [0.1, 0.15) is 9.75 Å². The van der Waals surface area contributed by atoms with E-state index in [9.17, 15) is 14.4 Å². The van der Waals surface area contributed by atoms with Crippen molar-refractivity contribution >= 4 is 40.9 Å². The maximum absolute atomic E-state index is 13.8. The van der Waals surface area contributed by atoms with Gasteiger partial charge in [0.25, 0.3) is 0 Å². The van der Waals surface area contributed by atoms with E-state index in [0.717, 1.165) is 27.8 Å². The van der Waals surface area contributed by atoms with Crippen molar-refractivity contribution in [2.24, 2.45) is 11.8 Å². The number of likely N-dealkylation sites (tertiary alicyclic amines) is 1. The average Bonchev–Trinajstić information content (AvgIpc) is 3.17. The van der Waals surface area contributed by atoms with Crippen LogP contribution >= 0.6 is 23.2 Å². The Morgan fingerprint density at radius 1 is 0.806 bits per heavy atom. The highest BCUT2D eigenvalue weighted by atomic mass is 35.5. The number of benzene rings is 3. The summed E-state index contributed by atoms with van der Waals surface area (Å²) in [5.41, 5.74) is 4.03. The van der Waals surface area contributed by atoms with Gasteiger partial charge in [0.05, 0.1) is 17.9 Å². The van der Waals surface area contributed by atoms with Crippen molar-refractivity contribution in [2.75, 3.05) is 6.54 Å². The van der Waals surface area contributed by atoms with Gasteiger partial charge in [-0.1, -0.05) is 78.9 Å². The van der Waals surface area contributed by atoms with Crippen LogP contribution in [0.15, 0.2) is 78.9 Å². The second-order valence-electron chi connectivity index (χ2n) is 9.75. The minimum absolute atomic E-state index is 0.00143. The molecule has 0 saturated carbocycles. The molecule has 2 bridgehead atoms. The molecule has 1 fully saturated rings. The second-order valence-corrected chi connectivity index (χ2v) is 10.9. The zero-order valence-corrected chi connectivity index (χ0v) is 21.1. The van der Waals surface area contributed by atoms with Gasteiger partial charge in [0.2, 0.25) is 17.7 Å². The average molecular weight is 519 g/mol. The quantitative estimate of drug-likeness (QED) is 0.387. The Morgan fingerprint density at radius 3 is 1.67 bits per heavy atom. The van der Waals surface area contributed by atoms with Gasteiger partial charge < -0.3 is 5.32 Å². The van der Waals surface area contributed by atoms with E-state index in [1.54, 1.807) is 0 Å². The molecule has 3 amide bonds. The molecule has 3 aromatic rings. The third-order valence-electron chi connectivity index (χ3n) is 7.92. The van der Waals surface area contributed by atoms with Crippen LogP contribution in [0.3, 0.4) is 0 Å². The molecule has 36 heavy (non-hydrogen) atoms. The molecule has 0 unspecified atom stereocenters. The van der Waals surface area contributed by atoms with Crippen molar-refractivity contribution in [3.63, 3.8) is 0 Å². The zero-order chi connectivity index (χ0) is 25.2. The van der Waals surface area contributed by atoms with Crippen LogP contribution in [0.2, 0.25) is 0 Å². The highest BCUT2D eigenvalue weighted by molar-refractivity contribution is 6.36. The summed E-state index contributed by atoms with van der Waals surface area (Å²) in [5.74, 6) is -2.69. The number of carbonyl (C=O) groups is 3. The first-order valence-corrected chi connectivity index (χ1v) is 12.8. The normalized spacial score (nSPS) is 28.4. The molecule has 1 heterocycles. The van der Waals surface area contributed by atoms with E-state index < -0.39 is 21.6 Å². The summed E-state index contributed by atoms with van der Waals surface area (Å²) in [4.78, 5) is 39.1. The molecule has 7 rings (SSSR count). The summed E-state index contributed by atoms with van der Waals surface area (Å²) in [6, 6.07) is 24.5. The van der Waals surface area contributed by atoms with Crippen LogP contribution < -0.4 is 5.32 Å². The van der Waals surface area contributed by atoms with Gasteiger partial charge in [-0.2, -0.15) is 0 Å². The number of amides is 3. The van der Waals surface area contributed by atoms with Crippen molar-refractivity contribution in [3.05, 3.63) is 107 Å². The summed E-state index contributed by atoms with van der Waals surface area (Å²) in [6.07, 6.45) is -0.00143. The van der Waals surface area contributed by atoms with E-state index in [0.29, 0.717) is 0 Å². The van der Waals surface area contributed by atoms with Crippen molar-refractivity contribution in [1.82, 2.24) is 10.2 Å². The van der Waals surface area contributed by atoms with E-state index in [1.807, 2.05) is 85.8 Å². The van der Waals surface area contributed by atoms with E-state index in [1.165, 1.54) is 4.90 Å². The second kappa shape index (κ2) is 8.19. The Kier molecular flexibility index (Phi) is 5.29. The summed E-state index contributed by atoms with van der Waals surface area (Å²) in [5, 5.41) is 2.95. The van der Waals surface area contributed by atoms with Gasteiger partial charge in [0, 0.05) is 13.0 Å². The smallest absolute Gasteiger partial charge is 0.235 e. The fraction of sp³-hybridized carbons (Fsp3) is 0.276. The molecule has 1 saturated heterocycles. The molecule has 3 aliphatic carbocycles. The summed E-state index contributed by atoms with van der Waals surface area (Å²) in [7, 11) is 0. The molecule has 3 aromatic carbocycles. The summed E-state index contributed by atoms with van der Waals surface area (Å²) in [6.45, 7) is 1.87. The predicted octanol–water partition coefficient (Wildman–Crippen LogP) is 4.85. The first-order valence-electron chi connectivity index (χ1n) is 12.1. The van der Waals surface area contributed by atoms with Crippen LogP contribution in [0.1, 0.15) is 47.2 Å². The predicted molar refractivity (Wildman–Crippen MR) is 137 cm³/mol. The number of halogens is 2. The van der Waals surface area contributed by atoms with Gasteiger partial charge >= 0.3 is 0 Å². The lowest BCUT2D eigenvalue weighted by molar-refractivity contribution is -0.140. The molecule has 0 spiro atoms. The first kappa shape index (κ1) is 23.3. The lowest BCUT2D eigenvalue weighted by Gasteiger charge is -2.54. The minimum atomic E-state index is -1.21. The third kappa shape index (κ3) is 2.99. The number of nitrogens with one attached hydrogen (secondary N) is 1. The molecule has 7 heteroatoms. The number of carbonyl (C=O) groups excluding carboxylic acids is 3. The Morgan fingerprint density at radius 2 is 1.22 bits per heavy atom. The van der Waals surface area contributed by atoms with Crippen LogP contribution in [-0.2, 0) is 24.1 Å². The third-order valence-corrected chi connectivity index (χ3v) is 9.20. The van der Waals surface area contributed by atoms with Gasteiger partial charge in [-0.25, -0.2) is 0 Å². The molecular formula is C29H24Cl2N2O3. The molecule has 5 nitrogen and oxygen atoms in total. The van der Waals surface area contributed by atoms with Gasteiger partial charge in [0.15, 0.2) is 0 Å². The number of imide groups is 1. The molecular weight excluding hydrogens is 495 g/mol. The van der Waals surface area contributed by atoms with Crippen LogP contribution in [0.25, 0.3) is 0 Å². The highest BCUT2D eigenvalue weighted by Crippen LogP contribution is 2.69. The molecule has 0 aromatic heterocycles. The van der Waals surface area contributed by atoms with E-state index >= 15 is 0 Å². The number of alkyl halides is 2. The molecule has 3 atom stereocenters. The van der Waals surface area contributed by atoms with Crippen molar-refractivity contribution in [2.45, 2.75) is 29.1 Å². The molecule has 1 aliphatic heterocycles. The zero-order valence-electron chi connectivity index (χ0n) is 19.6. The fourth-order valence-corrected chi connectivity index (χ4v) is 7.39. The van der Waals surface area contributed by atoms with Crippen LogP contribution in [0.5, 0.6) is 0 Å². The Balaban J connectivity index is 1.31. The lowest BCUT2D eigenvalue weighted by Crippen LogP contribution is -2.57. The molecule has 4 aliphatic rings. The van der Waals surface area contributed by atoms with Gasteiger partial charge in [-0.05, 0) is 34.7 Å². The number of nitrogens with zero attached hydrogens (tertiary/aromatic N) is 1. The fourth-order valence-electron chi connectivity index (χ4n) is 6.30. The SMILES string of the molecule is C[C@H](NC(=O)CCN1C(=O)[C@@H]2[C@H](C1=O)C1(Cl)c3ccccc3C2(Cl)c2ccccc21)c1ccccc1. The minimum Gasteiger partial charge on any atom is -0.350 e. The maximum Gasteiger partial charge on any atom is 0.235 e. The monoisotopic (exact) mass is 518 g/mol. The van der Waals surface area contributed by atoms with Crippen LogP contribution in [-0.4, -0.2) is 29.2 Å². The van der Waals surface area contributed by atoms with E-state index in [-0.39, 0.29) is 36.7 Å². The molecule has 1 N–H and O–H groups in total. The van der Waals surface area contributed by atoms with E-state index in [2.05, 4.69) is 5.32 Å². The largest absolute Gasteiger partial charge is 0.350 e. The number of hydrogen-bond acceptors (Lipinski definition) is 3. The van der Waals surface area contributed by atoms with Crippen molar-refractivity contribution in [1.29, 1.82) is 0 Å². The maximum atomic E-state index is 13.8. The van der Waals surface area contributed by atoms with Crippen LogP contribution in [0.4, 0.5) is 0 Å².